The molecule has 0 atom stereocenters. The summed E-state index contributed by atoms with van der Waals surface area (Å²) < 4.78 is 5.69. The van der Waals surface area contributed by atoms with Crippen molar-refractivity contribution in [3.63, 3.8) is 0 Å². The van der Waals surface area contributed by atoms with Crippen molar-refractivity contribution in [2.24, 2.45) is 5.92 Å². The van der Waals surface area contributed by atoms with Gasteiger partial charge < -0.3 is 4.74 Å². The predicted octanol–water partition coefficient (Wildman–Crippen LogP) is 3.43. The minimum absolute atomic E-state index is 0.917. The standard InChI is InChI=1S/C12H18O/c1-10-3-2-4-12(9-10)13-8-7-11-5-6-11/h4,9,11H,2-3,5-8H2,1H3. The lowest BCUT2D eigenvalue weighted by molar-refractivity contribution is 0.212. The first-order valence-corrected chi connectivity index (χ1v) is 5.35. The molecule has 0 heterocycles. The summed E-state index contributed by atoms with van der Waals surface area (Å²) in [5.41, 5.74) is 1.45. The van der Waals surface area contributed by atoms with Crippen LogP contribution >= 0.6 is 0 Å². The highest BCUT2D eigenvalue weighted by Crippen LogP contribution is 2.32. The molecule has 1 heteroatoms. The van der Waals surface area contributed by atoms with Crippen LogP contribution in [0.5, 0.6) is 0 Å². The third-order valence-corrected chi connectivity index (χ3v) is 2.76. The van der Waals surface area contributed by atoms with E-state index in [0.717, 1.165) is 24.7 Å². The lowest BCUT2D eigenvalue weighted by Crippen LogP contribution is -1.98. The second-order valence-electron chi connectivity index (χ2n) is 4.22. The molecule has 13 heavy (non-hydrogen) atoms. The molecule has 2 rings (SSSR count). The van der Waals surface area contributed by atoms with Crippen LogP contribution in [0.1, 0.15) is 39.0 Å². The van der Waals surface area contributed by atoms with Crippen LogP contribution in [0.4, 0.5) is 0 Å². The first-order valence-electron chi connectivity index (χ1n) is 5.35. The van der Waals surface area contributed by atoms with Gasteiger partial charge in [-0.2, -0.15) is 0 Å². The van der Waals surface area contributed by atoms with E-state index in [0.29, 0.717) is 0 Å². The van der Waals surface area contributed by atoms with Gasteiger partial charge in [-0.25, -0.2) is 0 Å². The van der Waals surface area contributed by atoms with Crippen molar-refractivity contribution in [2.45, 2.75) is 39.0 Å². The summed E-state index contributed by atoms with van der Waals surface area (Å²) in [6.07, 6.45) is 10.9. The molecule has 0 amide bonds. The highest BCUT2D eigenvalue weighted by atomic mass is 16.5. The molecule has 2 aliphatic carbocycles. The summed E-state index contributed by atoms with van der Waals surface area (Å²) in [6, 6.07) is 0. The van der Waals surface area contributed by atoms with E-state index in [1.807, 2.05) is 0 Å². The molecule has 0 aromatic heterocycles. The molecule has 0 radical (unpaired) electrons. The van der Waals surface area contributed by atoms with E-state index in [9.17, 15) is 0 Å². The van der Waals surface area contributed by atoms with Gasteiger partial charge in [-0.3, -0.25) is 0 Å². The normalized spacial score (nSPS) is 22.2. The monoisotopic (exact) mass is 178 g/mol. The van der Waals surface area contributed by atoms with Gasteiger partial charge in [-0.05, 0) is 44.3 Å². The van der Waals surface area contributed by atoms with E-state index < -0.39 is 0 Å². The van der Waals surface area contributed by atoms with Gasteiger partial charge in [0.15, 0.2) is 0 Å². The Kier molecular flexibility index (Phi) is 2.72. The highest BCUT2D eigenvalue weighted by molar-refractivity contribution is 5.21. The molecule has 1 saturated carbocycles. The first-order chi connectivity index (χ1) is 6.34. The number of ether oxygens (including phenoxy) is 1. The van der Waals surface area contributed by atoms with E-state index in [2.05, 4.69) is 19.1 Å². The van der Waals surface area contributed by atoms with Crippen LogP contribution in [0.25, 0.3) is 0 Å². The third kappa shape index (κ3) is 2.91. The summed E-state index contributed by atoms with van der Waals surface area (Å²) in [4.78, 5) is 0. The average Bonchev–Trinajstić information content (AvgIpc) is 2.88. The minimum Gasteiger partial charge on any atom is -0.494 e. The van der Waals surface area contributed by atoms with Crippen molar-refractivity contribution < 1.29 is 4.74 Å². The van der Waals surface area contributed by atoms with E-state index in [1.165, 1.54) is 31.3 Å². The summed E-state index contributed by atoms with van der Waals surface area (Å²) in [5, 5.41) is 0. The maximum atomic E-state index is 5.69. The second-order valence-corrected chi connectivity index (χ2v) is 4.22. The quantitative estimate of drug-likeness (QED) is 0.641. The highest BCUT2D eigenvalue weighted by Gasteiger charge is 2.20. The van der Waals surface area contributed by atoms with Gasteiger partial charge in [0.05, 0.1) is 6.61 Å². The fourth-order valence-electron chi connectivity index (χ4n) is 1.67. The Morgan fingerprint density at radius 1 is 1.46 bits per heavy atom. The fraction of sp³-hybridized carbons (Fsp3) is 0.667. The summed E-state index contributed by atoms with van der Waals surface area (Å²) >= 11 is 0. The van der Waals surface area contributed by atoms with E-state index in [4.69, 9.17) is 4.74 Å². The van der Waals surface area contributed by atoms with Gasteiger partial charge in [0, 0.05) is 0 Å². The molecule has 2 aliphatic rings. The molecule has 0 N–H and O–H groups in total. The maximum Gasteiger partial charge on any atom is 0.115 e. The lowest BCUT2D eigenvalue weighted by Gasteiger charge is -2.12. The maximum absolute atomic E-state index is 5.69. The van der Waals surface area contributed by atoms with Crippen molar-refractivity contribution in [3.8, 4) is 0 Å². The Labute approximate surface area is 80.5 Å². The molecule has 1 nitrogen and oxygen atoms in total. The fourth-order valence-corrected chi connectivity index (χ4v) is 1.67. The van der Waals surface area contributed by atoms with Crippen molar-refractivity contribution in [1.29, 1.82) is 0 Å². The Balaban J connectivity index is 1.70. The smallest absolute Gasteiger partial charge is 0.115 e. The Bertz CT molecular complexity index is 234. The van der Waals surface area contributed by atoms with Crippen LogP contribution in [0, 0.1) is 5.92 Å². The second kappa shape index (κ2) is 3.99. The van der Waals surface area contributed by atoms with Gasteiger partial charge >= 0.3 is 0 Å². The van der Waals surface area contributed by atoms with Crippen LogP contribution in [0.2, 0.25) is 0 Å². The molecule has 72 valence electrons. The molecule has 0 spiro atoms. The molecule has 0 unspecified atom stereocenters. The average molecular weight is 178 g/mol. The molecular weight excluding hydrogens is 160 g/mol. The number of allylic oxidation sites excluding steroid dienone is 3. The van der Waals surface area contributed by atoms with Crippen LogP contribution in [-0.4, -0.2) is 6.61 Å². The molecule has 0 aliphatic heterocycles. The summed E-state index contributed by atoms with van der Waals surface area (Å²) in [6.45, 7) is 3.09. The lowest BCUT2D eigenvalue weighted by atomic mass is 10.1. The van der Waals surface area contributed by atoms with E-state index >= 15 is 0 Å². The van der Waals surface area contributed by atoms with Gasteiger partial charge in [0.1, 0.15) is 5.76 Å². The predicted molar refractivity (Wildman–Crippen MR) is 54.4 cm³/mol. The largest absolute Gasteiger partial charge is 0.494 e. The zero-order valence-corrected chi connectivity index (χ0v) is 8.38. The number of rotatable bonds is 4. The van der Waals surface area contributed by atoms with Crippen LogP contribution in [0.15, 0.2) is 23.5 Å². The third-order valence-electron chi connectivity index (χ3n) is 2.76. The van der Waals surface area contributed by atoms with Crippen molar-refractivity contribution in [1.82, 2.24) is 0 Å². The van der Waals surface area contributed by atoms with E-state index in [-0.39, 0.29) is 0 Å². The van der Waals surface area contributed by atoms with Crippen LogP contribution < -0.4 is 0 Å². The molecule has 0 saturated heterocycles. The van der Waals surface area contributed by atoms with Gasteiger partial charge in [0.25, 0.3) is 0 Å². The Morgan fingerprint density at radius 2 is 2.31 bits per heavy atom. The minimum atomic E-state index is 0.917. The van der Waals surface area contributed by atoms with Gasteiger partial charge in [-0.1, -0.05) is 18.4 Å². The molecule has 0 bridgehead atoms. The summed E-state index contributed by atoms with van der Waals surface area (Å²) in [7, 11) is 0. The Morgan fingerprint density at radius 3 is 3.00 bits per heavy atom. The zero-order chi connectivity index (χ0) is 9.10. The molecule has 1 fully saturated rings. The SMILES string of the molecule is CC1=CC(OCCC2CC2)=CCC1. The van der Waals surface area contributed by atoms with Gasteiger partial charge in [-0.15, -0.1) is 0 Å². The number of hydrogen-bond acceptors (Lipinski definition) is 1. The topological polar surface area (TPSA) is 9.23 Å². The van der Waals surface area contributed by atoms with Crippen LogP contribution in [-0.2, 0) is 4.74 Å². The first kappa shape index (κ1) is 8.86. The van der Waals surface area contributed by atoms with Crippen LogP contribution in [0.3, 0.4) is 0 Å². The van der Waals surface area contributed by atoms with Crippen molar-refractivity contribution in [3.05, 3.63) is 23.5 Å². The van der Waals surface area contributed by atoms with E-state index in [1.54, 1.807) is 0 Å². The molecule has 0 aromatic carbocycles. The molecule has 0 aromatic rings. The zero-order valence-electron chi connectivity index (χ0n) is 8.38. The Hall–Kier alpha value is -0.720. The summed E-state index contributed by atoms with van der Waals surface area (Å²) in [5.74, 6) is 2.08. The van der Waals surface area contributed by atoms with Crippen molar-refractivity contribution >= 4 is 0 Å². The van der Waals surface area contributed by atoms with Gasteiger partial charge in [0.2, 0.25) is 0 Å². The number of hydrogen-bond donors (Lipinski definition) is 0. The molecular formula is C12H18O. The van der Waals surface area contributed by atoms with Crippen molar-refractivity contribution in [2.75, 3.05) is 6.61 Å².